The molecule has 2 N–H and O–H groups in total. The van der Waals surface area contributed by atoms with Crippen molar-refractivity contribution in [3.63, 3.8) is 0 Å². The zero-order valence-electron chi connectivity index (χ0n) is 12.4. The number of pyridine rings is 1. The van der Waals surface area contributed by atoms with E-state index < -0.39 is 11.7 Å². The summed E-state index contributed by atoms with van der Waals surface area (Å²) in [5, 5.41) is 12.5. The van der Waals surface area contributed by atoms with Crippen LogP contribution in [0.2, 0.25) is 5.02 Å². The largest absolute Gasteiger partial charge is 0.394 e. The highest BCUT2D eigenvalue weighted by molar-refractivity contribution is 6.33. The van der Waals surface area contributed by atoms with Crippen molar-refractivity contribution in [3.8, 4) is 0 Å². The van der Waals surface area contributed by atoms with E-state index in [0.29, 0.717) is 23.9 Å². The van der Waals surface area contributed by atoms with Gasteiger partial charge in [0.1, 0.15) is 11.5 Å². The summed E-state index contributed by atoms with van der Waals surface area (Å²) < 4.78 is 5.70. The monoisotopic (exact) mass is 313 g/mol. The Morgan fingerprint density at radius 2 is 2.33 bits per heavy atom. The molecule has 0 aromatic carbocycles. The normalized spacial score (nSPS) is 21.2. The molecule has 1 saturated heterocycles. The van der Waals surface area contributed by atoms with Crippen molar-refractivity contribution in [1.29, 1.82) is 0 Å². The highest BCUT2D eigenvalue weighted by Gasteiger charge is 2.36. The summed E-state index contributed by atoms with van der Waals surface area (Å²) in [6, 6.07) is 3.35. The Kier molecular flexibility index (Phi) is 4.70. The molecule has 1 unspecified atom stereocenters. The van der Waals surface area contributed by atoms with Gasteiger partial charge in [0.15, 0.2) is 0 Å². The predicted molar refractivity (Wildman–Crippen MR) is 80.7 cm³/mol. The number of rotatable bonds is 3. The first kappa shape index (κ1) is 16.0. The number of anilines is 1. The van der Waals surface area contributed by atoms with Crippen molar-refractivity contribution >= 4 is 23.3 Å². The average molecular weight is 314 g/mol. The molecular weight excluding hydrogens is 294 g/mol. The summed E-state index contributed by atoms with van der Waals surface area (Å²) in [4.78, 5) is 18.5. The minimum absolute atomic E-state index is 0.134. The van der Waals surface area contributed by atoms with Gasteiger partial charge in [0.2, 0.25) is 0 Å². The van der Waals surface area contributed by atoms with Crippen LogP contribution in [0.5, 0.6) is 0 Å². The van der Waals surface area contributed by atoms with Crippen molar-refractivity contribution in [2.75, 3.05) is 32.1 Å². The maximum atomic E-state index is 12.7. The topological polar surface area (TPSA) is 74.7 Å². The van der Waals surface area contributed by atoms with Crippen LogP contribution in [-0.4, -0.2) is 59.3 Å². The molecule has 1 atom stereocenters. The standard InChI is InChI=1S/C14H20ClN3O3/c1-14(2)8-18(6-9(7-19)21-14)13(20)12-10(15)4-5-11(16-3)17-12/h4-5,9,19H,6-8H2,1-3H3,(H,16,17). The molecule has 0 spiro atoms. The Morgan fingerprint density at radius 1 is 1.62 bits per heavy atom. The molecule has 21 heavy (non-hydrogen) atoms. The summed E-state index contributed by atoms with van der Waals surface area (Å²) in [5.41, 5.74) is -0.313. The first-order valence-electron chi connectivity index (χ1n) is 6.78. The van der Waals surface area contributed by atoms with Crippen LogP contribution >= 0.6 is 11.6 Å². The lowest BCUT2D eigenvalue weighted by Gasteiger charge is -2.42. The highest BCUT2D eigenvalue weighted by atomic mass is 35.5. The van der Waals surface area contributed by atoms with Gasteiger partial charge >= 0.3 is 0 Å². The molecule has 0 aliphatic carbocycles. The van der Waals surface area contributed by atoms with Crippen LogP contribution < -0.4 is 5.32 Å². The minimum atomic E-state index is -0.519. The number of nitrogens with zero attached hydrogens (tertiary/aromatic N) is 2. The van der Waals surface area contributed by atoms with Crippen molar-refractivity contribution in [1.82, 2.24) is 9.88 Å². The maximum Gasteiger partial charge on any atom is 0.274 e. The summed E-state index contributed by atoms with van der Waals surface area (Å²) in [5.74, 6) is 0.320. The number of ether oxygens (including phenoxy) is 1. The maximum absolute atomic E-state index is 12.7. The molecule has 7 heteroatoms. The fourth-order valence-corrected chi connectivity index (χ4v) is 2.61. The molecule has 2 heterocycles. The van der Waals surface area contributed by atoms with Gasteiger partial charge in [-0.25, -0.2) is 4.98 Å². The van der Waals surface area contributed by atoms with E-state index >= 15 is 0 Å². The SMILES string of the molecule is CNc1ccc(Cl)c(C(=O)N2CC(CO)OC(C)(C)C2)n1. The fraction of sp³-hybridized carbons (Fsp3) is 0.571. The van der Waals surface area contributed by atoms with Gasteiger partial charge in [0.05, 0.1) is 23.3 Å². The van der Waals surface area contributed by atoms with Crippen molar-refractivity contribution < 1.29 is 14.6 Å². The van der Waals surface area contributed by atoms with E-state index in [1.165, 1.54) is 0 Å². The molecule has 1 aliphatic rings. The van der Waals surface area contributed by atoms with Gasteiger partial charge in [-0.1, -0.05) is 11.6 Å². The van der Waals surface area contributed by atoms with Gasteiger partial charge in [0.25, 0.3) is 5.91 Å². The Hall–Kier alpha value is -1.37. The second kappa shape index (κ2) is 6.17. The smallest absolute Gasteiger partial charge is 0.274 e. The van der Waals surface area contributed by atoms with Crippen LogP contribution in [0.1, 0.15) is 24.3 Å². The molecule has 6 nitrogen and oxygen atoms in total. The van der Waals surface area contributed by atoms with Gasteiger partial charge in [0, 0.05) is 20.1 Å². The van der Waals surface area contributed by atoms with Crippen LogP contribution in [0.15, 0.2) is 12.1 Å². The Morgan fingerprint density at radius 3 is 2.95 bits per heavy atom. The fourth-order valence-electron chi connectivity index (χ4n) is 2.43. The van der Waals surface area contributed by atoms with Crippen LogP contribution in [0, 0.1) is 0 Å². The summed E-state index contributed by atoms with van der Waals surface area (Å²) in [6.45, 7) is 4.37. The minimum Gasteiger partial charge on any atom is -0.394 e. The number of hydrogen-bond donors (Lipinski definition) is 2. The number of aliphatic hydroxyl groups is 1. The molecule has 2 rings (SSSR count). The number of aliphatic hydroxyl groups excluding tert-OH is 1. The van der Waals surface area contributed by atoms with Gasteiger partial charge in [-0.15, -0.1) is 0 Å². The van der Waals surface area contributed by atoms with E-state index in [-0.39, 0.29) is 18.2 Å². The Balaban J connectivity index is 2.26. The van der Waals surface area contributed by atoms with Crippen molar-refractivity contribution in [3.05, 3.63) is 22.8 Å². The van der Waals surface area contributed by atoms with E-state index in [9.17, 15) is 9.90 Å². The van der Waals surface area contributed by atoms with Gasteiger partial charge in [-0.2, -0.15) is 0 Å². The van der Waals surface area contributed by atoms with Crippen LogP contribution in [0.25, 0.3) is 0 Å². The zero-order valence-corrected chi connectivity index (χ0v) is 13.1. The van der Waals surface area contributed by atoms with Crippen LogP contribution in [0.3, 0.4) is 0 Å². The molecule has 1 amide bonds. The number of hydrogen-bond acceptors (Lipinski definition) is 5. The number of halogens is 1. The third kappa shape index (κ3) is 3.64. The second-order valence-corrected chi connectivity index (χ2v) is 6.05. The molecule has 1 aliphatic heterocycles. The van der Waals surface area contributed by atoms with E-state index in [0.717, 1.165) is 0 Å². The van der Waals surface area contributed by atoms with Crippen LogP contribution in [-0.2, 0) is 4.74 Å². The number of amides is 1. The molecule has 0 saturated carbocycles. The average Bonchev–Trinajstić information content (AvgIpc) is 2.45. The Bertz CT molecular complexity index is 536. The van der Waals surface area contributed by atoms with Crippen molar-refractivity contribution in [2.45, 2.75) is 25.6 Å². The number of carbonyl (C=O) groups is 1. The number of carbonyl (C=O) groups excluding carboxylic acids is 1. The van der Waals surface area contributed by atoms with Gasteiger partial charge in [-0.05, 0) is 26.0 Å². The Labute approximate surface area is 129 Å². The molecule has 1 fully saturated rings. The lowest BCUT2D eigenvalue weighted by molar-refractivity contribution is -0.139. The van der Waals surface area contributed by atoms with E-state index in [1.807, 2.05) is 13.8 Å². The van der Waals surface area contributed by atoms with Gasteiger partial charge in [-0.3, -0.25) is 4.79 Å². The quantitative estimate of drug-likeness (QED) is 0.882. The summed E-state index contributed by atoms with van der Waals surface area (Å²) >= 11 is 6.09. The third-order valence-electron chi connectivity index (χ3n) is 3.28. The molecule has 1 aromatic rings. The second-order valence-electron chi connectivity index (χ2n) is 5.64. The van der Waals surface area contributed by atoms with E-state index in [2.05, 4.69) is 10.3 Å². The summed E-state index contributed by atoms with van der Waals surface area (Å²) in [6.07, 6.45) is -0.399. The molecule has 116 valence electrons. The number of nitrogens with one attached hydrogen (secondary N) is 1. The van der Waals surface area contributed by atoms with Gasteiger partial charge < -0.3 is 20.1 Å². The number of aromatic nitrogens is 1. The van der Waals surface area contributed by atoms with Crippen LogP contribution in [0.4, 0.5) is 5.82 Å². The van der Waals surface area contributed by atoms with E-state index in [4.69, 9.17) is 16.3 Å². The molecule has 0 radical (unpaired) electrons. The molecule has 0 bridgehead atoms. The highest BCUT2D eigenvalue weighted by Crippen LogP contribution is 2.24. The zero-order chi connectivity index (χ0) is 15.6. The third-order valence-corrected chi connectivity index (χ3v) is 3.58. The van der Waals surface area contributed by atoms with E-state index in [1.54, 1.807) is 24.1 Å². The molecule has 1 aromatic heterocycles. The first-order chi connectivity index (χ1) is 9.86. The predicted octanol–water partition coefficient (Wildman–Crippen LogP) is 1.39. The molecular formula is C14H20ClN3O3. The van der Waals surface area contributed by atoms with Crippen molar-refractivity contribution in [2.24, 2.45) is 0 Å². The number of morpholine rings is 1. The lowest BCUT2D eigenvalue weighted by Crippen LogP contribution is -2.55. The first-order valence-corrected chi connectivity index (χ1v) is 7.16. The lowest BCUT2D eigenvalue weighted by atomic mass is 10.0. The summed E-state index contributed by atoms with van der Waals surface area (Å²) in [7, 11) is 1.73.